The van der Waals surface area contributed by atoms with Crippen LogP contribution in [0.15, 0.2) is 29.3 Å². The maximum atomic E-state index is 12.2. The monoisotopic (exact) mass is 419 g/mol. The summed E-state index contributed by atoms with van der Waals surface area (Å²) in [5.74, 6) is 1.31. The van der Waals surface area contributed by atoms with Gasteiger partial charge in [-0.1, -0.05) is 12.1 Å². The number of hydrogen-bond acceptors (Lipinski definition) is 5. The number of ether oxygens (including phenoxy) is 1. The highest BCUT2D eigenvalue weighted by Gasteiger charge is 2.58. The van der Waals surface area contributed by atoms with Crippen molar-refractivity contribution in [3.63, 3.8) is 0 Å². The molecule has 0 aromatic heterocycles. The molecular weight excluding hydrogens is 390 g/mol. The zero-order chi connectivity index (χ0) is 22.2. The van der Waals surface area contributed by atoms with E-state index in [4.69, 9.17) is 26.5 Å². The van der Waals surface area contributed by atoms with Crippen molar-refractivity contribution >= 4 is 11.7 Å². The molecule has 5 rings (SSSR count). The lowest BCUT2D eigenvalue weighted by molar-refractivity contribution is -0.144. The van der Waals surface area contributed by atoms with E-state index in [1.807, 2.05) is 6.07 Å². The summed E-state index contributed by atoms with van der Waals surface area (Å²) < 4.78 is 6.11. The van der Waals surface area contributed by atoms with E-state index >= 15 is 0 Å². The van der Waals surface area contributed by atoms with E-state index < -0.39 is 5.60 Å². The number of hydrogen-bond donors (Lipinski definition) is 2. The van der Waals surface area contributed by atoms with Crippen LogP contribution in [0, 0.1) is 45.8 Å². The molecule has 0 radical (unpaired) electrons. The van der Waals surface area contributed by atoms with Gasteiger partial charge in [-0.25, -0.2) is 0 Å². The molecule has 3 atom stereocenters. The molecule has 4 fully saturated rings. The third-order valence-corrected chi connectivity index (χ3v) is 7.61. The first-order chi connectivity index (χ1) is 14.8. The number of amidine groups is 1. The Hall–Kier alpha value is -2.90. The highest BCUT2D eigenvalue weighted by Crippen LogP contribution is 2.60. The predicted octanol–water partition coefficient (Wildman–Crippen LogP) is 2.78. The number of benzene rings is 1. The van der Waals surface area contributed by atoms with Crippen molar-refractivity contribution in [3.8, 4) is 12.1 Å². The predicted molar refractivity (Wildman–Crippen MR) is 115 cm³/mol. The molecule has 0 spiro atoms. The van der Waals surface area contributed by atoms with Crippen molar-refractivity contribution in [1.29, 1.82) is 10.5 Å². The number of carbonyl (C=O) groups is 1. The minimum Gasteiger partial charge on any atom is -0.385 e. The SMILES string of the molecule is CC(CC#N)(OCc1cccc(C#N)c1)C(N)=NC1C2CC3CC1CC(C(N)=O)(C3)C2. The highest BCUT2D eigenvalue weighted by atomic mass is 16.5. The Balaban J connectivity index is 1.53. The van der Waals surface area contributed by atoms with Gasteiger partial charge in [-0.2, -0.15) is 10.5 Å². The molecule has 1 aromatic rings. The number of aliphatic imine (C=N–C) groups is 1. The molecule has 31 heavy (non-hydrogen) atoms. The fourth-order valence-corrected chi connectivity index (χ4v) is 6.15. The van der Waals surface area contributed by atoms with Crippen LogP contribution in [0.4, 0.5) is 0 Å². The number of rotatable bonds is 7. The molecule has 4 N–H and O–H groups in total. The number of amides is 1. The molecule has 0 aliphatic heterocycles. The van der Waals surface area contributed by atoms with Crippen LogP contribution in [-0.4, -0.2) is 23.4 Å². The Bertz CT molecular complexity index is 974. The van der Waals surface area contributed by atoms with Crippen LogP contribution in [-0.2, 0) is 16.1 Å². The van der Waals surface area contributed by atoms with Crippen LogP contribution in [0.5, 0.6) is 0 Å². The standard InChI is InChI=1S/C24H29N5O2/c1-23(5-6-25,31-14-16-4-2-3-15(7-16)13-26)21(27)29-20-18-8-17-9-19(20)12-24(10-17,11-18)22(28)30/h2-4,7,17-20H,5,8-12,14H2,1H3,(H2,27,29)(H2,28,30). The summed E-state index contributed by atoms with van der Waals surface area (Å²) in [4.78, 5) is 17.1. The maximum Gasteiger partial charge on any atom is 0.223 e. The summed E-state index contributed by atoms with van der Waals surface area (Å²) in [7, 11) is 0. The number of nitriles is 2. The number of primary amides is 1. The van der Waals surface area contributed by atoms with E-state index in [1.54, 1.807) is 25.1 Å². The number of nitrogens with zero attached hydrogens (tertiary/aromatic N) is 3. The Morgan fingerprint density at radius 1 is 1.26 bits per heavy atom. The molecule has 4 saturated carbocycles. The van der Waals surface area contributed by atoms with Gasteiger partial charge in [0.25, 0.3) is 0 Å². The molecule has 4 bridgehead atoms. The van der Waals surface area contributed by atoms with Crippen LogP contribution in [0.3, 0.4) is 0 Å². The van der Waals surface area contributed by atoms with Crippen LogP contribution < -0.4 is 11.5 Å². The van der Waals surface area contributed by atoms with Gasteiger partial charge in [0.1, 0.15) is 11.4 Å². The third kappa shape index (κ3) is 3.91. The van der Waals surface area contributed by atoms with Gasteiger partial charge in [0, 0.05) is 5.41 Å². The Kier molecular flexibility index (Phi) is 5.49. The smallest absolute Gasteiger partial charge is 0.223 e. The lowest BCUT2D eigenvalue weighted by atomic mass is 9.48. The topological polar surface area (TPSA) is 138 Å². The van der Waals surface area contributed by atoms with Crippen molar-refractivity contribution in [2.75, 3.05) is 0 Å². The van der Waals surface area contributed by atoms with Crippen molar-refractivity contribution in [3.05, 3.63) is 35.4 Å². The molecule has 7 heteroatoms. The molecule has 1 aromatic carbocycles. The second kappa shape index (κ2) is 7.98. The van der Waals surface area contributed by atoms with Crippen LogP contribution in [0.25, 0.3) is 0 Å². The third-order valence-electron chi connectivity index (χ3n) is 7.61. The van der Waals surface area contributed by atoms with Crippen molar-refractivity contribution in [2.45, 2.75) is 63.7 Å². The fraction of sp³-hybridized carbons (Fsp3) is 0.583. The lowest BCUT2D eigenvalue weighted by Gasteiger charge is -2.57. The molecule has 162 valence electrons. The maximum absolute atomic E-state index is 12.2. The molecule has 7 nitrogen and oxygen atoms in total. The van der Waals surface area contributed by atoms with Gasteiger partial charge in [0.2, 0.25) is 5.91 Å². The normalized spacial score (nSPS) is 33.3. The van der Waals surface area contributed by atoms with Gasteiger partial charge in [-0.15, -0.1) is 0 Å². The Morgan fingerprint density at radius 3 is 2.58 bits per heavy atom. The van der Waals surface area contributed by atoms with Gasteiger partial charge in [0.15, 0.2) is 0 Å². The molecule has 3 unspecified atom stereocenters. The highest BCUT2D eigenvalue weighted by molar-refractivity contribution is 5.89. The van der Waals surface area contributed by atoms with E-state index in [0.29, 0.717) is 29.2 Å². The minimum atomic E-state index is -1.02. The van der Waals surface area contributed by atoms with E-state index in [1.165, 1.54) is 0 Å². The minimum absolute atomic E-state index is 0.0487. The van der Waals surface area contributed by atoms with Crippen LogP contribution >= 0.6 is 0 Å². The van der Waals surface area contributed by atoms with Crippen LogP contribution in [0.1, 0.15) is 56.6 Å². The molecular formula is C24H29N5O2. The summed E-state index contributed by atoms with van der Waals surface area (Å²) in [6.45, 7) is 2.03. The van der Waals surface area contributed by atoms with E-state index in [-0.39, 0.29) is 30.4 Å². The average Bonchev–Trinajstić information content (AvgIpc) is 2.74. The van der Waals surface area contributed by atoms with Gasteiger partial charge in [-0.05, 0) is 74.5 Å². The van der Waals surface area contributed by atoms with E-state index in [2.05, 4.69) is 12.1 Å². The first-order valence-corrected chi connectivity index (χ1v) is 10.9. The summed E-state index contributed by atoms with van der Waals surface area (Å²) in [6, 6.07) is 11.5. The number of nitrogens with two attached hydrogens (primary N) is 2. The van der Waals surface area contributed by atoms with Gasteiger partial charge < -0.3 is 16.2 Å². The molecule has 4 aliphatic carbocycles. The zero-order valence-corrected chi connectivity index (χ0v) is 17.9. The van der Waals surface area contributed by atoms with Gasteiger partial charge >= 0.3 is 0 Å². The largest absolute Gasteiger partial charge is 0.385 e. The quantitative estimate of drug-likeness (QED) is 0.517. The molecule has 0 heterocycles. The van der Waals surface area contributed by atoms with Crippen molar-refractivity contribution < 1.29 is 9.53 Å². The van der Waals surface area contributed by atoms with Gasteiger partial charge in [0.05, 0.1) is 36.8 Å². The van der Waals surface area contributed by atoms with Crippen molar-refractivity contribution in [2.24, 2.45) is 39.6 Å². The molecule has 0 saturated heterocycles. The fourth-order valence-electron chi connectivity index (χ4n) is 6.15. The summed E-state index contributed by atoms with van der Waals surface area (Å²) in [5, 5.41) is 18.5. The average molecular weight is 420 g/mol. The summed E-state index contributed by atoms with van der Waals surface area (Å²) >= 11 is 0. The van der Waals surface area contributed by atoms with Gasteiger partial charge in [-0.3, -0.25) is 9.79 Å². The summed E-state index contributed by atoms with van der Waals surface area (Å²) in [6.07, 6.45) is 4.68. The van der Waals surface area contributed by atoms with Crippen molar-refractivity contribution in [1.82, 2.24) is 0 Å². The number of carbonyl (C=O) groups excluding carboxylic acids is 1. The van der Waals surface area contributed by atoms with E-state index in [0.717, 1.165) is 37.7 Å². The first-order valence-electron chi connectivity index (χ1n) is 10.9. The molecule has 1 amide bonds. The second-order valence-electron chi connectivity index (χ2n) is 9.79. The van der Waals surface area contributed by atoms with E-state index in [9.17, 15) is 10.1 Å². The Labute approximate surface area is 183 Å². The Morgan fingerprint density at radius 2 is 1.97 bits per heavy atom. The lowest BCUT2D eigenvalue weighted by Crippen LogP contribution is -2.58. The summed E-state index contributed by atoms with van der Waals surface area (Å²) in [5.41, 5.74) is 12.3. The zero-order valence-electron chi connectivity index (χ0n) is 17.9. The first kappa shape index (κ1) is 21.3. The second-order valence-corrected chi connectivity index (χ2v) is 9.79. The molecule has 4 aliphatic rings. The van der Waals surface area contributed by atoms with Crippen LogP contribution in [0.2, 0.25) is 0 Å².